The fraction of sp³-hybridized carbons (Fsp3) is 0.370. The summed E-state index contributed by atoms with van der Waals surface area (Å²) in [6.45, 7) is 4.13. The van der Waals surface area contributed by atoms with Gasteiger partial charge in [-0.3, -0.25) is 43.2 Å². The molecule has 1 aliphatic rings. The molecule has 1 aliphatic heterocycles. The molecule has 4 atom stereocenters. The van der Waals surface area contributed by atoms with E-state index in [1.54, 1.807) is 68.4 Å². The van der Waals surface area contributed by atoms with Gasteiger partial charge in [0.15, 0.2) is 0 Å². The van der Waals surface area contributed by atoms with Crippen LogP contribution in [0.5, 0.6) is 11.5 Å². The second kappa shape index (κ2) is 28.2. The lowest BCUT2D eigenvalue weighted by atomic mass is 9.97. The molecule has 0 saturated carbocycles. The van der Waals surface area contributed by atoms with E-state index in [-0.39, 0.29) is 38.6 Å². The van der Waals surface area contributed by atoms with Gasteiger partial charge in [-0.2, -0.15) is 0 Å². The molecule has 1 fully saturated rings. The van der Waals surface area contributed by atoms with Gasteiger partial charge in [0, 0.05) is 33.4 Å². The zero-order valence-electron chi connectivity index (χ0n) is 44.8. The Hall–Kier alpha value is -8.86. The average molecular weight is 1070 g/mol. The van der Waals surface area contributed by atoms with Crippen LogP contribution in [0, 0.1) is 0 Å². The van der Waals surface area contributed by atoms with Crippen molar-refractivity contribution < 1.29 is 64.7 Å². The maximum Gasteiger partial charge on any atom is 1.00 e. The molecular weight excluding hydrogens is 997 g/mol. The fourth-order valence-electron chi connectivity index (χ4n) is 7.37. The number of carboxylic acid groups (broad SMARTS) is 1. The van der Waals surface area contributed by atoms with Crippen LogP contribution in [0.25, 0.3) is 0 Å². The normalized spacial score (nSPS) is 16.9. The van der Waals surface area contributed by atoms with Crippen molar-refractivity contribution in [2.75, 3.05) is 40.3 Å². The molecule has 1 saturated heterocycles. The number of hydrogen-bond acceptors (Lipinski definition) is 13. The number of nitrogens with one attached hydrogen (secondary N) is 7. The summed E-state index contributed by atoms with van der Waals surface area (Å²) in [5.74, 6) is -6.50. The Bertz CT molecular complexity index is 2730. The highest BCUT2D eigenvalue weighted by atomic mass is 16.4. The number of likely N-dealkylation sites (N-methyl/N-ethyl adjacent to an activating group) is 2. The van der Waals surface area contributed by atoms with Gasteiger partial charge >= 0.3 is 7.40 Å². The van der Waals surface area contributed by atoms with Gasteiger partial charge in [-0.05, 0) is 80.6 Å². The van der Waals surface area contributed by atoms with E-state index in [0.717, 1.165) is 21.6 Å². The maximum absolute atomic E-state index is 13.6. The lowest BCUT2D eigenvalue weighted by Gasteiger charge is -2.37. The van der Waals surface area contributed by atoms with Gasteiger partial charge in [-0.15, -0.1) is 0 Å². The maximum atomic E-state index is 13.6. The zero-order chi connectivity index (χ0) is 57.0. The molecule has 0 radical (unpaired) electrons. The number of hydrogen-bond donors (Lipinski definition) is 11. The lowest BCUT2D eigenvalue weighted by molar-refractivity contribution is -0.156. The molecule has 77 heavy (non-hydrogen) atoms. The molecule has 23 heteroatoms. The topological polar surface area (TPSA) is 348 Å². The van der Waals surface area contributed by atoms with Crippen molar-refractivity contribution in [1.29, 1.82) is 0 Å². The SMILES string of the molecule is CN(C(=O)C(Cc1ccccc1)NC(=O)CNC(=O)CNC(=O)C(N)Cc1ccc(O)cc1)C(C)(C)C(=O)O.CN1C(=O)C(Cc2ccccc2)NC(=O)CNC(=O)CNC(=O)C(Cc2ccc(O)cc2)NC(=O)C1(C)C.[H+]. The Morgan fingerprint density at radius 3 is 1.77 bits per heavy atom. The van der Waals surface area contributed by atoms with Crippen LogP contribution in [0.1, 0.15) is 51.4 Å². The number of carbonyl (C=O) groups is 10. The number of carboxylic acids is 1. The molecule has 4 unspecified atom stereocenters. The number of phenolic OH excluding ortho intramolecular Hbond substituents is 2. The van der Waals surface area contributed by atoms with Crippen LogP contribution >= 0.6 is 0 Å². The number of carbonyl (C=O) groups excluding carboxylic acids is 9. The number of aromatic hydroxyl groups is 2. The van der Waals surface area contributed by atoms with Crippen LogP contribution in [-0.4, -0.2) is 160 Å². The molecule has 23 nitrogen and oxygen atoms in total. The van der Waals surface area contributed by atoms with Crippen LogP contribution in [0.2, 0.25) is 0 Å². The molecular formula is C54H69N10O13+. The predicted octanol–water partition coefficient (Wildman–Crippen LogP) is -0.714. The Morgan fingerprint density at radius 2 is 1.19 bits per heavy atom. The minimum absolute atomic E-state index is 0. The minimum atomic E-state index is -1.52. The number of benzene rings is 4. The summed E-state index contributed by atoms with van der Waals surface area (Å²) in [4.78, 5) is 129. The number of nitrogens with zero attached hydrogens (tertiary/aromatic N) is 2. The summed E-state index contributed by atoms with van der Waals surface area (Å²) < 4.78 is 0. The van der Waals surface area contributed by atoms with E-state index < -0.39 is 121 Å². The zero-order valence-corrected chi connectivity index (χ0v) is 43.8. The molecule has 0 aromatic heterocycles. The second-order valence-electron chi connectivity index (χ2n) is 19.2. The van der Waals surface area contributed by atoms with Crippen molar-refractivity contribution in [3.05, 3.63) is 131 Å². The third-order valence-corrected chi connectivity index (χ3v) is 12.7. The molecule has 4 aromatic carbocycles. The van der Waals surface area contributed by atoms with Crippen LogP contribution in [0.15, 0.2) is 109 Å². The van der Waals surface area contributed by atoms with Gasteiger partial charge < -0.3 is 68.1 Å². The molecule has 12 N–H and O–H groups in total. The van der Waals surface area contributed by atoms with Crippen LogP contribution in [0.4, 0.5) is 0 Å². The highest BCUT2D eigenvalue weighted by Crippen LogP contribution is 2.19. The molecule has 0 spiro atoms. The van der Waals surface area contributed by atoms with Crippen molar-refractivity contribution in [3.63, 3.8) is 0 Å². The van der Waals surface area contributed by atoms with E-state index in [1.807, 2.05) is 30.3 Å². The van der Waals surface area contributed by atoms with E-state index >= 15 is 0 Å². The van der Waals surface area contributed by atoms with Crippen LogP contribution < -0.4 is 43.0 Å². The Morgan fingerprint density at radius 1 is 0.701 bits per heavy atom. The van der Waals surface area contributed by atoms with Crippen LogP contribution in [0.3, 0.4) is 0 Å². The first-order valence-electron chi connectivity index (χ1n) is 24.4. The van der Waals surface area contributed by atoms with Gasteiger partial charge in [0.05, 0.1) is 32.2 Å². The first-order valence-corrected chi connectivity index (χ1v) is 24.4. The Balaban J connectivity index is 0.000000405. The largest absolute Gasteiger partial charge is 1.00 e. The van der Waals surface area contributed by atoms with E-state index in [2.05, 4.69) is 37.2 Å². The minimum Gasteiger partial charge on any atom is -0.508 e. The van der Waals surface area contributed by atoms with E-state index in [4.69, 9.17) is 5.73 Å². The second-order valence-corrected chi connectivity index (χ2v) is 19.2. The quantitative estimate of drug-likeness (QED) is 0.0623. The molecule has 0 bridgehead atoms. The Kier molecular flexibility index (Phi) is 22.2. The van der Waals surface area contributed by atoms with Crippen molar-refractivity contribution in [2.45, 2.75) is 88.6 Å². The van der Waals surface area contributed by atoms with Crippen molar-refractivity contribution in [1.82, 2.24) is 47.0 Å². The van der Waals surface area contributed by atoms with E-state index in [0.29, 0.717) is 5.56 Å². The summed E-state index contributed by atoms with van der Waals surface area (Å²) in [6.07, 6.45) is 0.545. The van der Waals surface area contributed by atoms with E-state index in [9.17, 15) is 63.3 Å². The summed E-state index contributed by atoms with van der Waals surface area (Å²) in [6, 6.07) is 26.2. The molecule has 412 valence electrons. The number of amides is 9. The van der Waals surface area contributed by atoms with Gasteiger partial charge in [0.25, 0.3) is 0 Å². The summed E-state index contributed by atoms with van der Waals surface area (Å²) >= 11 is 0. The van der Waals surface area contributed by atoms with Crippen molar-refractivity contribution in [3.8, 4) is 11.5 Å². The predicted molar refractivity (Wildman–Crippen MR) is 282 cm³/mol. The molecule has 9 amide bonds. The molecule has 4 aromatic rings. The van der Waals surface area contributed by atoms with Crippen molar-refractivity contribution >= 4 is 59.1 Å². The Labute approximate surface area is 447 Å². The number of nitrogens with two attached hydrogens (primary N) is 1. The van der Waals surface area contributed by atoms with E-state index in [1.165, 1.54) is 57.1 Å². The molecule has 1 heterocycles. The lowest BCUT2D eigenvalue weighted by Crippen LogP contribution is -2.62. The molecule has 5 rings (SSSR count). The van der Waals surface area contributed by atoms with Gasteiger partial charge in [0.2, 0.25) is 53.2 Å². The smallest absolute Gasteiger partial charge is 0.508 e. The first kappa shape index (κ1) is 60.7. The average Bonchev–Trinajstić information content (AvgIpc) is 3.40. The summed E-state index contributed by atoms with van der Waals surface area (Å²) in [5.41, 5.74) is 5.88. The highest BCUT2D eigenvalue weighted by Gasteiger charge is 2.41. The summed E-state index contributed by atoms with van der Waals surface area (Å²) in [7, 11) is 2.80. The summed E-state index contributed by atoms with van der Waals surface area (Å²) in [5, 5.41) is 46.0. The number of rotatable bonds is 17. The third kappa shape index (κ3) is 18.8. The first-order chi connectivity index (χ1) is 36.3. The third-order valence-electron chi connectivity index (χ3n) is 12.7. The standard InChI is InChI=1S/C27H35N5O7.C27H33N5O6/c1-27(2,26(38)39)32(3)25(37)21(14-17-7-5-4-6-8-17)31-23(35)16-29-22(34)15-30-24(36)20(28)13-18-9-11-19(33)12-10-18;1-27(2)26(38)31-20(13-18-9-11-19(33)12-10-18)24(36)29-15-22(34)28-16-23(35)30-21(25(37)32(27)3)14-17-7-5-4-6-8-17/h4-12,20-21,33H,13-16,28H2,1-3H3,(H,29,34)(H,30,36)(H,31,35)(H,38,39);4-12,20-21,33H,13-16H2,1-3H3,(H,28,34)(H,29,36)(H,30,35)(H,31,38)/p+1. The fourth-order valence-corrected chi connectivity index (χ4v) is 7.37. The monoisotopic (exact) mass is 1070 g/mol. The number of phenols is 2. The van der Waals surface area contributed by atoms with Crippen LogP contribution in [-0.2, 0) is 73.6 Å². The highest BCUT2D eigenvalue weighted by molar-refractivity contribution is 5.98. The van der Waals surface area contributed by atoms with Gasteiger partial charge in [-0.25, -0.2) is 4.79 Å². The van der Waals surface area contributed by atoms with Crippen molar-refractivity contribution in [2.24, 2.45) is 5.73 Å². The van der Waals surface area contributed by atoms with Gasteiger partial charge in [-0.1, -0.05) is 84.9 Å². The number of aliphatic carboxylic acids is 1. The van der Waals surface area contributed by atoms with Gasteiger partial charge in [0.1, 0.15) is 40.7 Å². The molecule has 0 aliphatic carbocycles.